The number of aromatic nitrogens is 1. The minimum atomic E-state index is -0.998. The fourth-order valence-electron chi connectivity index (χ4n) is 2.52. The zero-order chi connectivity index (χ0) is 16.2. The average Bonchev–Trinajstić information content (AvgIpc) is 2.67. The number of carbonyl (C=O) groups excluding carboxylic acids is 1. The molecule has 0 radical (unpaired) electrons. The fourth-order valence-corrected chi connectivity index (χ4v) is 2.52. The van der Waals surface area contributed by atoms with Crippen LogP contribution >= 0.6 is 0 Å². The lowest BCUT2D eigenvalue weighted by molar-refractivity contribution is -0.142. The van der Waals surface area contributed by atoms with Gasteiger partial charge in [0.2, 0.25) is 5.91 Å². The van der Waals surface area contributed by atoms with Gasteiger partial charge in [-0.2, -0.15) is 0 Å². The summed E-state index contributed by atoms with van der Waals surface area (Å²) in [4.78, 5) is 23.2. The maximum atomic E-state index is 12.0. The highest BCUT2D eigenvalue weighted by atomic mass is 16.5. The van der Waals surface area contributed by atoms with E-state index in [0.29, 0.717) is 12.2 Å². The number of hydrogen-bond acceptors (Lipinski definition) is 4. The maximum Gasteiger partial charge on any atom is 0.326 e. The van der Waals surface area contributed by atoms with Gasteiger partial charge in [0.1, 0.15) is 11.8 Å². The Bertz CT molecular complexity index is 488. The van der Waals surface area contributed by atoms with Gasteiger partial charge < -0.3 is 14.9 Å². The van der Waals surface area contributed by atoms with E-state index in [1.807, 2.05) is 34.6 Å². The van der Waals surface area contributed by atoms with Crippen molar-refractivity contribution in [2.45, 2.75) is 59.4 Å². The van der Waals surface area contributed by atoms with E-state index in [-0.39, 0.29) is 24.2 Å². The van der Waals surface area contributed by atoms with Crippen LogP contribution in [0.1, 0.15) is 56.5 Å². The van der Waals surface area contributed by atoms with Gasteiger partial charge >= 0.3 is 5.97 Å². The number of hydrogen-bond donors (Lipinski definition) is 2. The molecule has 0 aliphatic heterocycles. The van der Waals surface area contributed by atoms with E-state index < -0.39 is 12.0 Å². The monoisotopic (exact) mass is 296 g/mol. The molecule has 1 rings (SSSR count). The van der Waals surface area contributed by atoms with Crippen molar-refractivity contribution in [2.75, 3.05) is 0 Å². The molecule has 0 bridgehead atoms. The number of nitrogens with one attached hydrogen (secondary N) is 1. The van der Waals surface area contributed by atoms with Gasteiger partial charge in [0.25, 0.3) is 0 Å². The Morgan fingerprint density at radius 1 is 1.29 bits per heavy atom. The average molecular weight is 296 g/mol. The Morgan fingerprint density at radius 3 is 2.33 bits per heavy atom. The summed E-state index contributed by atoms with van der Waals surface area (Å²) < 4.78 is 5.09. The Kier molecular flexibility index (Phi) is 5.93. The van der Waals surface area contributed by atoms with Crippen LogP contribution in [0.15, 0.2) is 4.52 Å². The van der Waals surface area contributed by atoms with Crippen LogP contribution in [0.2, 0.25) is 0 Å². The molecular formula is C15H24N2O4. The molecular weight excluding hydrogens is 272 g/mol. The normalized spacial score (nSPS) is 14.0. The van der Waals surface area contributed by atoms with Crippen molar-refractivity contribution >= 4 is 11.9 Å². The number of aryl methyl sites for hydroxylation is 2. The van der Waals surface area contributed by atoms with Crippen molar-refractivity contribution in [3.8, 4) is 0 Å². The lowest BCUT2D eigenvalue weighted by Gasteiger charge is -2.18. The third kappa shape index (κ3) is 4.88. The van der Waals surface area contributed by atoms with Crippen LogP contribution in [0.25, 0.3) is 0 Å². The Morgan fingerprint density at radius 2 is 1.90 bits per heavy atom. The van der Waals surface area contributed by atoms with Crippen molar-refractivity contribution in [1.82, 2.24) is 10.5 Å². The molecule has 2 N–H and O–H groups in total. The number of amides is 1. The Hall–Kier alpha value is -1.85. The van der Waals surface area contributed by atoms with Crippen LogP contribution in [-0.4, -0.2) is 28.2 Å². The quantitative estimate of drug-likeness (QED) is 0.806. The van der Waals surface area contributed by atoms with Crippen LogP contribution in [0.5, 0.6) is 0 Å². The molecule has 1 aromatic rings. The first-order valence-corrected chi connectivity index (χ1v) is 7.17. The molecule has 0 saturated heterocycles. The first-order chi connectivity index (χ1) is 9.72. The third-order valence-corrected chi connectivity index (χ3v) is 3.41. The lowest BCUT2D eigenvalue weighted by Crippen LogP contribution is -2.42. The van der Waals surface area contributed by atoms with Crippen LogP contribution in [0.4, 0.5) is 0 Å². The SMILES string of the molecule is Cc1noc(C)c1C(C)CC(=O)NC(CC(C)C)C(=O)O. The number of carboxylic acids is 1. The van der Waals surface area contributed by atoms with E-state index in [1.165, 1.54) is 0 Å². The maximum absolute atomic E-state index is 12.0. The predicted molar refractivity (Wildman–Crippen MR) is 78.0 cm³/mol. The second-order valence-electron chi connectivity index (χ2n) is 5.93. The zero-order valence-electron chi connectivity index (χ0n) is 13.3. The van der Waals surface area contributed by atoms with Gasteiger partial charge in [-0.15, -0.1) is 0 Å². The Balaban J connectivity index is 2.66. The minimum absolute atomic E-state index is 0.0651. The molecule has 0 saturated carbocycles. The van der Waals surface area contributed by atoms with Crippen LogP contribution in [0.3, 0.4) is 0 Å². The summed E-state index contributed by atoms with van der Waals surface area (Å²) in [6.07, 6.45) is 0.631. The van der Waals surface area contributed by atoms with Crippen molar-refractivity contribution in [1.29, 1.82) is 0 Å². The second-order valence-corrected chi connectivity index (χ2v) is 5.93. The summed E-state index contributed by atoms with van der Waals surface area (Å²) >= 11 is 0. The minimum Gasteiger partial charge on any atom is -0.480 e. The van der Waals surface area contributed by atoms with Gasteiger partial charge in [0, 0.05) is 12.0 Å². The summed E-state index contributed by atoms with van der Waals surface area (Å²) in [5, 5.41) is 15.6. The summed E-state index contributed by atoms with van der Waals surface area (Å²) in [5.74, 6) is -0.432. The molecule has 21 heavy (non-hydrogen) atoms. The molecule has 0 fully saturated rings. The van der Waals surface area contributed by atoms with Crippen molar-refractivity contribution in [3.63, 3.8) is 0 Å². The number of nitrogens with zero attached hydrogens (tertiary/aromatic N) is 1. The molecule has 0 aliphatic carbocycles. The van der Waals surface area contributed by atoms with Crippen LogP contribution in [-0.2, 0) is 9.59 Å². The third-order valence-electron chi connectivity index (χ3n) is 3.41. The van der Waals surface area contributed by atoms with E-state index in [2.05, 4.69) is 10.5 Å². The van der Waals surface area contributed by atoms with Crippen LogP contribution in [0, 0.1) is 19.8 Å². The molecule has 1 amide bonds. The van der Waals surface area contributed by atoms with E-state index in [0.717, 1.165) is 11.3 Å². The highest BCUT2D eigenvalue weighted by molar-refractivity contribution is 5.83. The highest BCUT2D eigenvalue weighted by Crippen LogP contribution is 2.25. The van der Waals surface area contributed by atoms with Gasteiger partial charge in [0.15, 0.2) is 0 Å². The highest BCUT2D eigenvalue weighted by Gasteiger charge is 2.24. The summed E-state index contributed by atoms with van der Waals surface area (Å²) in [6.45, 7) is 9.40. The topological polar surface area (TPSA) is 92.4 Å². The molecule has 0 aromatic carbocycles. The molecule has 1 heterocycles. The lowest BCUT2D eigenvalue weighted by atomic mass is 9.95. The van der Waals surface area contributed by atoms with Crippen molar-refractivity contribution in [3.05, 3.63) is 17.0 Å². The molecule has 6 nitrogen and oxygen atoms in total. The number of carbonyl (C=O) groups is 2. The van der Waals surface area contributed by atoms with E-state index >= 15 is 0 Å². The van der Waals surface area contributed by atoms with Gasteiger partial charge in [-0.25, -0.2) is 4.79 Å². The van der Waals surface area contributed by atoms with E-state index in [9.17, 15) is 9.59 Å². The van der Waals surface area contributed by atoms with Crippen molar-refractivity contribution < 1.29 is 19.2 Å². The second kappa shape index (κ2) is 7.24. The summed E-state index contributed by atoms with van der Waals surface area (Å²) in [5.41, 5.74) is 1.69. The number of aliphatic carboxylic acids is 1. The van der Waals surface area contributed by atoms with Gasteiger partial charge in [-0.1, -0.05) is 25.9 Å². The molecule has 6 heteroatoms. The fraction of sp³-hybridized carbons (Fsp3) is 0.667. The molecule has 1 aromatic heterocycles. The number of rotatable bonds is 7. The van der Waals surface area contributed by atoms with Gasteiger partial charge in [0.05, 0.1) is 5.69 Å². The Labute approximate surface area is 124 Å². The van der Waals surface area contributed by atoms with E-state index in [4.69, 9.17) is 9.63 Å². The first-order valence-electron chi connectivity index (χ1n) is 7.17. The van der Waals surface area contributed by atoms with Crippen LogP contribution < -0.4 is 5.32 Å². The van der Waals surface area contributed by atoms with Gasteiger partial charge in [-0.05, 0) is 32.1 Å². The van der Waals surface area contributed by atoms with E-state index in [1.54, 1.807) is 0 Å². The smallest absolute Gasteiger partial charge is 0.326 e. The molecule has 118 valence electrons. The zero-order valence-corrected chi connectivity index (χ0v) is 13.3. The van der Waals surface area contributed by atoms with Crippen molar-refractivity contribution in [2.24, 2.45) is 5.92 Å². The van der Waals surface area contributed by atoms with Gasteiger partial charge in [-0.3, -0.25) is 4.79 Å². The number of carboxylic acid groups (broad SMARTS) is 1. The summed E-state index contributed by atoms with van der Waals surface area (Å²) in [6, 6.07) is -0.839. The molecule has 0 aliphatic rings. The standard InChI is InChI=1S/C15H24N2O4/c1-8(2)6-12(15(19)20)16-13(18)7-9(3)14-10(4)17-21-11(14)5/h8-9,12H,6-7H2,1-5H3,(H,16,18)(H,19,20). The molecule has 2 atom stereocenters. The predicted octanol–water partition coefficient (Wildman–Crippen LogP) is 2.40. The molecule has 0 spiro atoms. The largest absolute Gasteiger partial charge is 0.480 e. The first kappa shape index (κ1) is 17.2. The summed E-state index contributed by atoms with van der Waals surface area (Å²) in [7, 11) is 0. The molecule has 2 unspecified atom stereocenters.